The molecule has 0 spiro atoms. The molecule has 0 fully saturated rings. The van der Waals surface area contributed by atoms with Gasteiger partial charge in [-0.05, 0) is 29.3 Å². The molecule has 2 aromatic rings. The summed E-state index contributed by atoms with van der Waals surface area (Å²) in [5.74, 6) is -2.76. The molecule has 1 aliphatic heterocycles. The Balaban J connectivity index is 2.07. The summed E-state index contributed by atoms with van der Waals surface area (Å²) in [6.07, 6.45) is 1.38. The molecule has 0 saturated heterocycles. The molecule has 0 saturated carbocycles. The summed E-state index contributed by atoms with van der Waals surface area (Å²) in [5, 5.41) is 30.4. The first kappa shape index (κ1) is 16.0. The van der Waals surface area contributed by atoms with Crippen LogP contribution in [-0.4, -0.2) is 34.4 Å². The largest absolute Gasteiger partial charge is 0.504 e. The molecule has 1 atom stereocenters. The summed E-state index contributed by atoms with van der Waals surface area (Å²) in [6, 6.07) is 5.77. The average molecular weight is 354 g/mol. The second-order valence-corrected chi connectivity index (χ2v) is 6.09. The summed E-state index contributed by atoms with van der Waals surface area (Å²) in [5.41, 5.74) is 1.87. The lowest BCUT2D eigenvalue weighted by atomic mass is 9.84. The molecule has 0 radical (unpaired) electrons. The highest BCUT2D eigenvalue weighted by Gasteiger charge is 2.39. The second kappa shape index (κ2) is 5.52. The fourth-order valence-corrected chi connectivity index (χ4v) is 3.52. The molecule has 1 aliphatic carbocycles. The SMILES string of the molecule is COC(=O)C[C@@H]1c2ccc(O)c3c2C(=Cc2ccc(O)c(O)c21)C(=O)O3. The van der Waals surface area contributed by atoms with Gasteiger partial charge < -0.3 is 24.8 Å². The third-order valence-electron chi connectivity index (χ3n) is 4.70. The van der Waals surface area contributed by atoms with Crippen LogP contribution < -0.4 is 4.74 Å². The molecule has 132 valence electrons. The fraction of sp³-hybridized carbons (Fsp3) is 0.158. The summed E-state index contributed by atoms with van der Waals surface area (Å²) in [4.78, 5) is 24.3. The van der Waals surface area contributed by atoms with Gasteiger partial charge in [0.1, 0.15) is 0 Å². The van der Waals surface area contributed by atoms with Crippen LogP contribution in [0.2, 0.25) is 0 Å². The summed E-state index contributed by atoms with van der Waals surface area (Å²) >= 11 is 0. The van der Waals surface area contributed by atoms with Crippen molar-refractivity contribution in [2.45, 2.75) is 12.3 Å². The summed E-state index contributed by atoms with van der Waals surface area (Å²) in [7, 11) is 1.25. The monoisotopic (exact) mass is 354 g/mol. The van der Waals surface area contributed by atoms with E-state index in [-0.39, 0.29) is 35.0 Å². The molecular formula is C19H14O7. The van der Waals surface area contributed by atoms with E-state index in [1.165, 1.54) is 25.3 Å². The van der Waals surface area contributed by atoms with Crippen molar-refractivity contribution < 1.29 is 34.4 Å². The molecule has 7 nitrogen and oxygen atoms in total. The number of phenols is 3. The maximum absolute atomic E-state index is 12.3. The van der Waals surface area contributed by atoms with Crippen molar-refractivity contribution in [2.24, 2.45) is 0 Å². The Hall–Kier alpha value is -3.48. The Morgan fingerprint density at radius 3 is 2.62 bits per heavy atom. The van der Waals surface area contributed by atoms with Gasteiger partial charge in [-0.1, -0.05) is 12.1 Å². The highest BCUT2D eigenvalue weighted by molar-refractivity contribution is 6.27. The van der Waals surface area contributed by atoms with Crippen molar-refractivity contribution in [1.82, 2.24) is 0 Å². The van der Waals surface area contributed by atoms with Gasteiger partial charge in [0.05, 0.1) is 19.1 Å². The van der Waals surface area contributed by atoms with E-state index in [4.69, 9.17) is 9.47 Å². The van der Waals surface area contributed by atoms with Crippen LogP contribution in [0.15, 0.2) is 24.3 Å². The number of carbonyl (C=O) groups excluding carboxylic acids is 2. The molecule has 0 aromatic heterocycles. The zero-order chi connectivity index (χ0) is 18.6. The predicted octanol–water partition coefficient (Wildman–Crippen LogP) is 2.27. The topological polar surface area (TPSA) is 113 Å². The first-order valence-corrected chi connectivity index (χ1v) is 7.84. The number of benzene rings is 2. The van der Waals surface area contributed by atoms with Crippen molar-refractivity contribution in [1.29, 1.82) is 0 Å². The van der Waals surface area contributed by atoms with Gasteiger partial charge in [0, 0.05) is 17.0 Å². The van der Waals surface area contributed by atoms with Crippen LogP contribution in [0.25, 0.3) is 11.6 Å². The number of carbonyl (C=O) groups is 2. The normalized spacial score (nSPS) is 16.9. The van der Waals surface area contributed by atoms with E-state index in [2.05, 4.69) is 0 Å². The van der Waals surface area contributed by atoms with Crippen LogP contribution >= 0.6 is 0 Å². The molecular weight excluding hydrogens is 340 g/mol. The number of esters is 2. The van der Waals surface area contributed by atoms with Crippen molar-refractivity contribution in [3.63, 3.8) is 0 Å². The maximum Gasteiger partial charge on any atom is 0.344 e. The maximum atomic E-state index is 12.3. The van der Waals surface area contributed by atoms with E-state index in [9.17, 15) is 24.9 Å². The van der Waals surface area contributed by atoms with Crippen LogP contribution in [0.4, 0.5) is 0 Å². The number of hydrogen-bond donors (Lipinski definition) is 3. The lowest BCUT2D eigenvalue weighted by molar-refractivity contribution is -0.140. The lowest BCUT2D eigenvalue weighted by Gasteiger charge is -2.21. The van der Waals surface area contributed by atoms with Gasteiger partial charge in [0.15, 0.2) is 23.0 Å². The van der Waals surface area contributed by atoms with Gasteiger partial charge >= 0.3 is 11.9 Å². The Morgan fingerprint density at radius 1 is 1.15 bits per heavy atom. The van der Waals surface area contributed by atoms with E-state index in [0.717, 1.165) is 0 Å². The van der Waals surface area contributed by atoms with Crippen LogP contribution in [0.3, 0.4) is 0 Å². The smallest absolute Gasteiger partial charge is 0.344 e. The Morgan fingerprint density at radius 2 is 1.88 bits per heavy atom. The van der Waals surface area contributed by atoms with Gasteiger partial charge in [-0.2, -0.15) is 0 Å². The summed E-state index contributed by atoms with van der Waals surface area (Å²) in [6.45, 7) is 0. The van der Waals surface area contributed by atoms with Gasteiger partial charge in [-0.15, -0.1) is 0 Å². The van der Waals surface area contributed by atoms with Crippen molar-refractivity contribution in [2.75, 3.05) is 7.11 Å². The minimum Gasteiger partial charge on any atom is -0.504 e. The molecule has 4 rings (SSSR count). The molecule has 3 N–H and O–H groups in total. The highest BCUT2D eigenvalue weighted by Crippen LogP contribution is 2.52. The van der Waals surface area contributed by atoms with Crippen molar-refractivity contribution in [3.8, 4) is 23.0 Å². The third-order valence-corrected chi connectivity index (χ3v) is 4.70. The second-order valence-electron chi connectivity index (χ2n) is 6.09. The minimum absolute atomic E-state index is 0.0186. The molecule has 0 unspecified atom stereocenters. The first-order valence-electron chi connectivity index (χ1n) is 7.84. The van der Waals surface area contributed by atoms with E-state index >= 15 is 0 Å². The van der Waals surface area contributed by atoms with Gasteiger partial charge in [0.25, 0.3) is 0 Å². The number of ether oxygens (including phenoxy) is 2. The number of rotatable bonds is 2. The number of methoxy groups -OCH3 is 1. The Bertz CT molecular complexity index is 1000. The van der Waals surface area contributed by atoms with Crippen LogP contribution in [0, 0.1) is 0 Å². The van der Waals surface area contributed by atoms with Crippen LogP contribution in [0.5, 0.6) is 23.0 Å². The Kier molecular flexibility index (Phi) is 3.40. The number of phenolic OH excluding ortho intramolecular Hbond substituents is 3. The molecule has 2 aromatic carbocycles. The van der Waals surface area contributed by atoms with E-state index < -0.39 is 17.9 Å². The first-order chi connectivity index (χ1) is 12.4. The van der Waals surface area contributed by atoms with Crippen molar-refractivity contribution >= 4 is 23.6 Å². The van der Waals surface area contributed by atoms with Gasteiger partial charge in [-0.3, -0.25) is 4.79 Å². The predicted molar refractivity (Wildman–Crippen MR) is 89.9 cm³/mol. The molecule has 0 bridgehead atoms. The zero-order valence-corrected chi connectivity index (χ0v) is 13.6. The standard InChI is InChI=1S/C19H14O7/c1-25-14(22)7-10-9-3-5-13(21)18-16(9)11(19(24)26-18)6-8-2-4-12(20)17(23)15(8)10/h2-6,10,20-21,23H,7H2,1H3/t10-/m1/s1. The highest BCUT2D eigenvalue weighted by atomic mass is 16.5. The third kappa shape index (κ3) is 2.13. The van der Waals surface area contributed by atoms with Gasteiger partial charge in [0.2, 0.25) is 0 Å². The van der Waals surface area contributed by atoms with Crippen LogP contribution in [0.1, 0.15) is 34.6 Å². The number of aromatic hydroxyl groups is 3. The van der Waals surface area contributed by atoms with Crippen LogP contribution in [-0.2, 0) is 14.3 Å². The number of fused-ring (bicyclic) bond motifs is 1. The van der Waals surface area contributed by atoms with Gasteiger partial charge in [-0.25, -0.2) is 4.79 Å². The summed E-state index contributed by atoms with van der Waals surface area (Å²) < 4.78 is 9.94. The molecule has 1 heterocycles. The zero-order valence-electron chi connectivity index (χ0n) is 13.6. The van der Waals surface area contributed by atoms with E-state index in [0.29, 0.717) is 22.3 Å². The van der Waals surface area contributed by atoms with E-state index in [1.807, 2.05) is 0 Å². The minimum atomic E-state index is -0.706. The quantitative estimate of drug-likeness (QED) is 0.431. The molecule has 0 amide bonds. The Labute approximate surface area is 147 Å². The molecule has 26 heavy (non-hydrogen) atoms. The number of hydrogen-bond acceptors (Lipinski definition) is 7. The lowest BCUT2D eigenvalue weighted by Crippen LogP contribution is -2.12. The fourth-order valence-electron chi connectivity index (χ4n) is 3.52. The van der Waals surface area contributed by atoms with E-state index in [1.54, 1.807) is 12.1 Å². The average Bonchev–Trinajstić information content (AvgIpc) is 2.87. The molecule has 2 aliphatic rings. The molecule has 7 heteroatoms. The van der Waals surface area contributed by atoms with Crippen molar-refractivity contribution in [3.05, 3.63) is 46.5 Å².